The van der Waals surface area contributed by atoms with Crippen molar-refractivity contribution in [3.63, 3.8) is 0 Å². The van der Waals surface area contributed by atoms with Gasteiger partial charge in [0.05, 0.1) is 12.6 Å². The van der Waals surface area contributed by atoms with E-state index < -0.39 is 11.8 Å². The van der Waals surface area contributed by atoms with Crippen LogP contribution in [0.15, 0.2) is 42.5 Å². The van der Waals surface area contributed by atoms with E-state index in [4.69, 9.17) is 4.74 Å². The van der Waals surface area contributed by atoms with E-state index in [1.165, 1.54) is 23.2 Å². The molecule has 2 aliphatic heterocycles. The van der Waals surface area contributed by atoms with E-state index in [0.29, 0.717) is 18.8 Å². The summed E-state index contributed by atoms with van der Waals surface area (Å²) in [5, 5.41) is 5.57. The molecule has 2 heterocycles. The Kier molecular flexibility index (Phi) is 8.06. The van der Waals surface area contributed by atoms with Crippen LogP contribution in [-0.4, -0.2) is 56.5 Å². The zero-order valence-corrected chi connectivity index (χ0v) is 20.3. The van der Waals surface area contributed by atoms with E-state index in [2.05, 4.69) is 45.7 Å². The number of nitrogens with zero attached hydrogens (tertiary/aromatic N) is 2. The van der Waals surface area contributed by atoms with Crippen LogP contribution in [0, 0.1) is 0 Å². The number of anilines is 2. The first kappa shape index (κ1) is 24.1. The normalized spacial score (nSPS) is 16.9. The van der Waals surface area contributed by atoms with Crippen LogP contribution in [0.2, 0.25) is 0 Å². The highest BCUT2D eigenvalue weighted by Crippen LogP contribution is 2.31. The van der Waals surface area contributed by atoms with Gasteiger partial charge in [0, 0.05) is 31.5 Å². The monoisotopic (exact) mass is 464 g/mol. The number of hydrogen-bond donors (Lipinski definition) is 2. The predicted molar refractivity (Wildman–Crippen MR) is 135 cm³/mol. The summed E-state index contributed by atoms with van der Waals surface area (Å²) in [6.07, 6.45) is 5.81. The lowest BCUT2D eigenvalue weighted by molar-refractivity contribution is -0.136. The van der Waals surface area contributed by atoms with Gasteiger partial charge in [-0.2, -0.15) is 0 Å². The van der Waals surface area contributed by atoms with Gasteiger partial charge in [0.25, 0.3) is 0 Å². The summed E-state index contributed by atoms with van der Waals surface area (Å²) in [5.41, 5.74) is 4.44. The lowest BCUT2D eigenvalue weighted by Crippen LogP contribution is -2.43. The van der Waals surface area contributed by atoms with Gasteiger partial charge in [0.1, 0.15) is 5.75 Å². The largest absolute Gasteiger partial charge is 0.494 e. The van der Waals surface area contributed by atoms with Crippen molar-refractivity contribution in [3.05, 3.63) is 53.6 Å². The third-order valence-corrected chi connectivity index (χ3v) is 6.76. The number of rotatable bonds is 7. The van der Waals surface area contributed by atoms with Crippen LogP contribution in [0.4, 0.5) is 11.4 Å². The summed E-state index contributed by atoms with van der Waals surface area (Å²) >= 11 is 0. The number of nitrogens with one attached hydrogen (secondary N) is 2. The molecule has 34 heavy (non-hydrogen) atoms. The number of piperidine rings is 1. The summed E-state index contributed by atoms with van der Waals surface area (Å²) < 4.78 is 5.42. The quantitative estimate of drug-likeness (QED) is 0.611. The minimum atomic E-state index is -0.659. The highest BCUT2D eigenvalue weighted by molar-refractivity contribution is 6.39. The average molecular weight is 465 g/mol. The zero-order chi connectivity index (χ0) is 23.9. The number of aryl methyl sites for hydroxylation is 1. The summed E-state index contributed by atoms with van der Waals surface area (Å²) in [7, 11) is 2.14. The molecule has 7 nitrogen and oxygen atoms in total. The van der Waals surface area contributed by atoms with Crippen LogP contribution in [0.1, 0.15) is 49.8 Å². The Bertz CT molecular complexity index is 986. The molecule has 7 heteroatoms. The first-order valence-electron chi connectivity index (χ1n) is 12.4. The molecule has 0 aromatic heterocycles. The first-order valence-corrected chi connectivity index (χ1v) is 12.4. The molecule has 2 aliphatic rings. The Balaban J connectivity index is 1.42. The van der Waals surface area contributed by atoms with E-state index in [1.54, 1.807) is 24.3 Å². The molecule has 0 bridgehead atoms. The molecule has 0 spiro atoms. The predicted octanol–water partition coefficient (Wildman–Crippen LogP) is 3.75. The lowest BCUT2D eigenvalue weighted by Gasteiger charge is -2.36. The maximum atomic E-state index is 12.6. The number of amides is 2. The molecular weight excluding hydrogens is 428 g/mol. The van der Waals surface area contributed by atoms with Crippen molar-refractivity contribution in [1.82, 2.24) is 10.2 Å². The van der Waals surface area contributed by atoms with Gasteiger partial charge < -0.3 is 20.3 Å². The van der Waals surface area contributed by atoms with E-state index in [-0.39, 0.29) is 6.04 Å². The van der Waals surface area contributed by atoms with Crippen LogP contribution in [-0.2, 0) is 16.0 Å². The number of fused-ring (bicyclic) bond motifs is 1. The maximum Gasteiger partial charge on any atom is 0.313 e. The van der Waals surface area contributed by atoms with E-state index >= 15 is 0 Å². The van der Waals surface area contributed by atoms with Gasteiger partial charge in [0.2, 0.25) is 0 Å². The fourth-order valence-electron chi connectivity index (χ4n) is 4.96. The zero-order valence-electron chi connectivity index (χ0n) is 20.3. The van der Waals surface area contributed by atoms with Gasteiger partial charge in [-0.25, -0.2) is 0 Å². The van der Waals surface area contributed by atoms with Gasteiger partial charge in [-0.15, -0.1) is 0 Å². The topological polar surface area (TPSA) is 73.9 Å². The van der Waals surface area contributed by atoms with Gasteiger partial charge in [-0.1, -0.05) is 18.6 Å². The van der Waals surface area contributed by atoms with Crippen molar-refractivity contribution in [1.29, 1.82) is 0 Å². The molecule has 2 amide bonds. The second-order valence-corrected chi connectivity index (χ2v) is 9.15. The maximum absolute atomic E-state index is 12.6. The van der Waals surface area contributed by atoms with Crippen LogP contribution in [0.3, 0.4) is 0 Å². The van der Waals surface area contributed by atoms with Crippen molar-refractivity contribution in [2.45, 2.75) is 45.1 Å². The van der Waals surface area contributed by atoms with Gasteiger partial charge in [-0.3, -0.25) is 14.5 Å². The number of hydrogen-bond acceptors (Lipinski definition) is 5. The van der Waals surface area contributed by atoms with Crippen molar-refractivity contribution >= 4 is 23.2 Å². The minimum absolute atomic E-state index is 0.0556. The molecule has 4 rings (SSSR count). The molecule has 0 saturated carbocycles. The lowest BCUT2D eigenvalue weighted by atomic mass is 9.95. The average Bonchev–Trinajstić information content (AvgIpc) is 2.86. The van der Waals surface area contributed by atoms with Crippen molar-refractivity contribution in [2.75, 3.05) is 50.1 Å². The molecule has 2 aromatic rings. The van der Waals surface area contributed by atoms with Crippen molar-refractivity contribution in [3.8, 4) is 5.75 Å². The molecule has 1 saturated heterocycles. The highest BCUT2D eigenvalue weighted by atomic mass is 16.5. The molecule has 1 atom stereocenters. The standard InChI is InChI=1S/C27H36N4O3/c1-3-34-23-12-10-22(11-13-23)29-27(33)26(32)28-19-25(31-16-5-4-6-17-31)21-9-14-24-20(18-21)8-7-15-30(24)2/h9-14,18,25H,3-8,15-17,19H2,1-2H3,(H,28,32)(H,29,33)/t25-/m1/s1. The Labute approximate surface area is 202 Å². The minimum Gasteiger partial charge on any atom is -0.494 e. The van der Waals surface area contributed by atoms with Crippen LogP contribution < -0.4 is 20.3 Å². The fourth-order valence-corrected chi connectivity index (χ4v) is 4.96. The molecule has 182 valence electrons. The SMILES string of the molecule is CCOc1ccc(NC(=O)C(=O)NC[C@H](c2ccc3c(c2)CCCN3C)N2CCCCC2)cc1. The third-order valence-electron chi connectivity index (χ3n) is 6.76. The molecule has 0 unspecified atom stereocenters. The van der Waals surface area contributed by atoms with Crippen LogP contribution in [0.25, 0.3) is 0 Å². The Morgan fingerprint density at radius 3 is 2.47 bits per heavy atom. The summed E-state index contributed by atoms with van der Waals surface area (Å²) in [6, 6.07) is 13.8. The number of carbonyl (C=O) groups excluding carboxylic acids is 2. The van der Waals surface area contributed by atoms with Crippen LogP contribution in [0.5, 0.6) is 5.75 Å². The molecule has 2 aromatic carbocycles. The number of ether oxygens (including phenoxy) is 1. The molecule has 0 aliphatic carbocycles. The second-order valence-electron chi connectivity index (χ2n) is 9.15. The number of carbonyl (C=O) groups is 2. The summed E-state index contributed by atoms with van der Waals surface area (Å²) in [6.45, 7) is 6.00. The summed E-state index contributed by atoms with van der Waals surface area (Å²) in [4.78, 5) is 29.9. The van der Waals surface area contributed by atoms with E-state index in [9.17, 15) is 9.59 Å². The van der Waals surface area contributed by atoms with Crippen molar-refractivity contribution in [2.24, 2.45) is 0 Å². The molecule has 0 radical (unpaired) electrons. The third kappa shape index (κ3) is 5.89. The smallest absolute Gasteiger partial charge is 0.313 e. The molecular formula is C27H36N4O3. The highest BCUT2D eigenvalue weighted by Gasteiger charge is 2.26. The first-order chi connectivity index (χ1) is 16.5. The summed E-state index contributed by atoms with van der Waals surface area (Å²) in [5.74, 6) is -0.548. The number of likely N-dealkylation sites (tertiary alicyclic amines) is 1. The molecule has 2 N–H and O–H groups in total. The van der Waals surface area contributed by atoms with Gasteiger partial charge >= 0.3 is 11.8 Å². The Morgan fingerprint density at radius 1 is 0.971 bits per heavy atom. The van der Waals surface area contributed by atoms with Crippen LogP contribution >= 0.6 is 0 Å². The van der Waals surface area contributed by atoms with E-state index in [0.717, 1.165) is 51.1 Å². The van der Waals surface area contributed by atoms with Gasteiger partial charge in [0.15, 0.2) is 0 Å². The van der Waals surface area contributed by atoms with E-state index in [1.807, 2.05) is 6.92 Å². The fraction of sp³-hybridized carbons (Fsp3) is 0.481. The molecule has 1 fully saturated rings. The Morgan fingerprint density at radius 2 is 1.74 bits per heavy atom. The van der Waals surface area contributed by atoms with Crippen molar-refractivity contribution < 1.29 is 14.3 Å². The Hall–Kier alpha value is -3.06. The van der Waals surface area contributed by atoms with Gasteiger partial charge in [-0.05, 0) is 87.2 Å². The number of benzene rings is 2. The second kappa shape index (κ2) is 11.4.